The van der Waals surface area contributed by atoms with E-state index in [1.807, 2.05) is 19.1 Å². The maximum Gasteiger partial charge on any atom is 0.170 e. The fraction of sp³-hybridized carbons (Fsp3) is 0.562. The van der Waals surface area contributed by atoms with E-state index >= 15 is 0 Å². The molecule has 1 heterocycles. The van der Waals surface area contributed by atoms with Crippen LogP contribution in [0.15, 0.2) is 12.1 Å². The number of hydrogen-bond donors (Lipinski definition) is 0. The highest BCUT2D eigenvalue weighted by atomic mass is 16.5. The summed E-state index contributed by atoms with van der Waals surface area (Å²) in [5.74, 6) is 1.62. The SMILES string of the molecule is COCCCCCOc1cc2c(cc1C)C(=O)CCO2. The topological polar surface area (TPSA) is 44.8 Å². The number of hydrogen-bond acceptors (Lipinski definition) is 4. The summed E-state index contributed by atoms with van der Waals surface area (Å²) < 4.78 is 16.3. The fourth-order valence-corrected chi connectivity index (χ4v) is 2.26. The first-order valence-electron chi connectivity index (χ1n) is 7.14. The van der Waals surface area contributed by atoms with E-state index in [0.29, 0.717) is 30.9 Å². The Morgan fingerprint density at radius 2 is 2.00 bits per heavy atom. The Hall–Kier alpha value is -1.55. The zero-order chi connectivity index (χ0) is 14.4. The molecule has 0 amide bonds. The van der Waals surface area contributed by atoms with Crippen LogP contribution in [-0.4, -0.2) is 32.7 Å². The molecule has 0 atom stereocenters. The van der Waals surface area contributed by atoms with Crippen LogP contribution in [0.25, 0.3) is 0 Å². The Morgan fingerprint density at radius 1 is 1.20 bits per heavy atom. The quantitative estimate of drug-likeness (QED) is 0.719. The van der Waals surface area contributed by atoms with Gasteiger partial charge in [-0.1, -0.05) is 0 Å². The van der Waals surface area contributed by atoms with Crippen molar-refractivity contribution in [3.8, 4) is 11.5 Å². The molecule has 1 aliphatic rings. The van der Waals surface area contributed by atoms with E-state index in [2.05, 4.69) is 0 Å². The highest BCUT2D eigenvalue weighted by molar-refractivity contribution is 6.00. The third kappa shape index (κ3) is 3.73. The van der Waals surface area contributed by atoms with Crippen LogP contribution in [0, 0.1) is 6.92 Å². The third-order valence-electron chi connectivity index (χ3n) is 3.41. The van der Waals surface area contributed by atoms with Crippen molar-refractivity contribution in [2.75, 3.05) is 26.9 Å². The maximum absolute atomic E-state index is 11.8. The van der Waals surface area contributed by atoms with Crippen LogP contribution < -0.4 is 9.47 Å². The number of unbranched alkanes of at least 4 members (excludes halogenated alkanes) is 2. The number of ether oxygens (including phenoxy) is 3. The van der Waals surface area contributed by atoms with Gasteiger partial charge in [-0.3, -0.25) is 4.79 Å². The van der Waals surface area contributed by atoms with Crippen molar-refractivity contribution in [2.45, 2.75) is 32.6 Å². The molecule has 0 saturated heterocycles. The number of Topliss-reactive ketones (excluding diaryl/α,β-unsaturated/α-hetero) is 1. The van der Waals surface area contributed by atoms with Crippen molar-refractivity contribution in [1.82, 2.24) is 0 Å². The van der Waals surface area contributed by atoms with Crippen LogP contribution in [-0.2, 0) is 4.74 Å². The van der Waals surface area contributed by atoms with Crippen molar-refractivity contribution in [1.29, 1.82) is 0 Å². The van der Waals surface area contributed by atoms with Crippen molar-refractivity contribution < 1.29 is 19.0 Å². The summed E-state index contributed by atoms with van der Waals surface area (Å²) in [4.78, 5) is 11.8. The number of benzene rings is 1. The molecule has 0 unspecified atom stereocenters. The molecule has 1 aliphatic heterocycles. The van der Waals surface area contributed by atoms with Gasteiger partial charge in [0, 0.05) is 26.2 Å². The summed E-state index contributed by atoms with van der Waals surface area (Å²) >= 11 is 0. The van der Waals surface area contributed by atoms with Gasteiger partial charge in [0.1, 0.15) is 11.5 Å². The number of ketones is 1. The molecule has 0 radical (unpaired) electrons. The Labute approximate surface area is 120 Å². The molecule has 110 valence electrons. The van der Waals surface area contributed by atoms with Crippen molar-refractivity contribution in [2.24, 2.45) is 0 Å². The fourth-order valence-electron chi connectivity index (χ4n) is 2.26. The summed E-state index contributed by atoms with van der Waals surface area (Å²) in [5, 5.41) is 0. The van der Waals surface area contributed by atoms with Crippen LogP contribution in [0.4, 0.5) is 0 Å². The highest BCUT2D eigenvalue weighted by Gasteiger charge is 2.20. The lowest BCUT2D eigenvalue weighted by atomic mass is 10.0. The normalized spacial score (nSPS) is 13.8. The second-order valence-corrected chi connectivity index (χ2v) is 5.04. The first kappa shape index (κ1) is 14.9. The van der Waals surface area contributed by atoms with Crippen LogP contribution in [0.3, 0.4) is 0 Å². The molecular weight excluding hydrogens is 256 g/mol. The maximum atomic E-state index is 11.8. The van der Waals surface area contributed by atoms with Gasteiger partial charge >= 0.3 is 0 Å². The summed E-state index contributed by atoms with van der Waals surface area (Å²) in [6.45, 7) is 3.90. The lowest BCUT2D eigenvalue weighted by Gasteiger charge is -2.19. The van der Waals surface area contributed by atoms with E-state index < -0.39 is 0 Å². The molecular formula is C16H22O4. The molecule has 0 aliphatic carbocycles. The monoisotopic (exact) mass is 278 g/mol. The lowest BCUT2D eigenvalue weighted by molar-refractivity contribution is 0.0933. The Morgan fingerprint density at radius 3 is 2.80 bits per heavy atom. The molecule has 20 heavy (non-hydrogen) atoms. The highest BCUT2D eigenvalue weighted by Crippen LogP contribution is 2.32. The number of rotatable bonds is 7. The van der Waals surface area contributed by atoms with Gasteiger partial charge in [-0.2, -0.15) is 0 Å². The van der Waals surface area contributed by atoms with Crippen molar-refractivity contribution in [3.63, 3.8) is 0 Å². The van der Waals surface area contributed by atoms with Gasteiger partial charge in [0.15, 0.2) is 5.78 Å². The molecule has 4 heteroatoms. The number of fused-ring (bicyclic) bond motifs is 1. The average Bonchev–Trinajstić information content (AvgIpc) is 2.44. The first-order valence-corrected chi connectivity index (χ1v) is 7.14. The minimum atomic E-state index is 0.153. The predicted octanol–water partition coefficient (Wildman–Crippen LogP) is 3.16. The van der Waals surface area contributed by atoms with Gasteiger partial charge in [-0.25, -0.2) is 0 Å². The second-order valence-electron chi connectivity index (χ2n) is 5.04. The van der Waals surface area contributed by atoms with Gasteiger partial charge < -0.3 is 14.2 Å². The molecule has 0 bridgehead atoms. The number of carbonyl (C=O) groups excluding carboxylic acids is 1. The van der Waals surface area contributed by atoms with Gasteiger partial charge in [0.2, 0.25) is 0 Å². The van der Waals surface area contributed by atoms with E-state index in [4.69, 9.17) is 14.2 Å². The van der Waals surface area contributed by atoms with Crippen LogP contribution in [0.2, 0.25) is 0 Å². The summed E-state index contributed by atoms with van der Waals surface area (Å²) in [6.07, 6.45) is 3.61. The molecule has 0 saturated carbocycles. The largest absolute Gasteiger partial charge is 0.493 e. The molecule has 1 aromatic rings. The van der Waals surface area contributed by atoms with Crippen molar-refractivity contribution in [3.05, 3.63) is 23.3 Å². The number of aryl methyl sites for hydroxylation is 1. The predicted molar refractivity (Wildman–Crippen MR) is 76.8 cm³/mol. The Kier molecular flexibility index (Phi) is 5.41. The molecule has 4 nitrogen and oxygen atoms in total. The van der Waals surface area contributed by atoms with Crippen LogP contribution in [0.5, 0.6) is 11.5 Å². The van der Waals surface area contributed by atoms with E-state index in [9.17, 15) is 4.79 Å². The molecule has 0 fully saturated rings. The molecule has 1 aromatic carbocycles. The van der Waals surface area contributed by atoms with Gasteiger partial charge in [0.25, 0.3) is 0 Å². The number of methoxy groups -OCH3 is 1. The summed E-state index contributed by atoms with van der Waals surface area (Å²) in [6, 6.07) is 3.72. The minimum Gasteiger partial charge on any atom is -0.493 e. The molecule has 0 aromatic heterocycles. The van der Waals surface area contributed by atoms with Crippen molar-refractivity contribution >= 4 is 5.78 Å². The van der Waals surface area contributed by atoms with Crippen LogP contribution in [0.1, 0.15) is 41.6 Å². The smallest absolute Gasteiger partial charge is 0.170 e. The second kappa shape index (κ2) is 7.29. The Balaban J connectivity index is 1.90. The third-order valence-corrected chi connectivity index (χ3v) is 3.41. The van der Waals surface area contributed by atoms with E-state index in [-0.39, 0.29) is 5.78 Å². The Bertz CT molecular complexity index is 468. The molecule has 2 rings (SSSR count). The minimum absolute atomic E-state index is 0.153. The summed E-state index contributed by atoms with van der Waals surface area (Å²) in [7, 11) is 1.72. The first-order chi connectivity index (χ1) is 9.72. The van der Waals surface area contributed by atoms with E-state index in [1.54, 1.807) is 7.11 Å². The van der Waals surface area contributed by atoms with E-state index in [0.717, 1.165) is 37.2 Å². The zero-order valence-corrected chi connectivity index (χ0v) is 12.2. The molecule has 0 N–H and O–H groups in total. The zero-order valence-electron chi connectivity index (χ0n) is 12.2. The lowest BCUT2D eigenvalue weighted by Crippen LogP contribution is -2.15. The van der Waals surface area contributed by atoms with Gasteiger partial charge in [-0.05, 0) is 37.8 Å². The van der Waals surface area contributed by atoms with Crippen LogP contribution >= 0.6 is 0 Å². The number of carbonyl (C=O) groups is 1. The standard InChI is InChI=1S/C16H22O4/c1-12-10-13-14(17)6-9-20-16(13)11-15(12)19-8-5-3-4-7-18-2/h10-11H,3-9H2,1-2H3. The van der Waals surface area contributed by atoms with Gasteiger partial charge in [-0.15, -0.1) is 0 Å². The summed E-state index contributed by atoms with van der Waals surface area (Å²) in [5.41, 5.74) is 1.67. The van der Waals surface area contributed by atoms with Gasteiger partial charge in [0.05, 0.1) is 18.8 Å². The molecule has 0 spiro atoms. The average molecular weight is 278 g/mol. The van der Waals surface area contributed by atoms with E-state index in [1.165, 1.54) is 0 Å².